The van der Waals surface area contributed by atoms with Crippen molar-refractivity contribution in [3.05, 3.63) is 11.8 Å². The average Bonchev–Trinajstić information content (AvgIpc) is 2.75. The van der Waals surface area contributed by atoms with Gasteiger partial charge in [0.15, 0.2) is 5.78 Å². The van der Waals surface area contributed by atoms with E-state index < -0.39 is 0 Å². The summed E-state index contributed by atoms with van der Waals surface area (Å²) in [4.78, 5) is 34.8. The summed E-state index contributed by atoms with van der Waals surface area (Å²) in [5.41, 5.74) is 0.950. The number of Topliss-reactive ketones (excluding diaryl/α,β-unsaturated/α-hetero) is 1. The molecular formula is C26H49N5O2. The highest BCUT2D eigenvalue weighted by Gasteiger charge is 2.41. The third kappa shape index (κ3) is 8.29. The van der Waals surface area contributed by atoms with E-state index in [4.69, 9.17) is 0 Å². The lowest BCUT2D eigenvalue weighted by Crippen LogP contribution is -2.59. The van der Waals surface area contributed by atoms with Crippen molar-refractivity contribution in [2.24, 2.45) is 5.92 Å². The lowest BCUT2D eigenvalue weighted by molar-refractivity contribution is -0.119. The van der Waals surface area contributed by atoms with Crippen molar-refractivity contribution in [2.45, 2.75) is 78.3 Å². The zero-order valence-electron chi connectivity index (χ0n) is 22.1. The van der Waals surface area contributed by atoms with Gasteiger partial charge in [-0.3, -0.25) is 9.69 Å². The number of amides is 2. The Hall–Kier alpha value is -1.60. The molecule has 0 spiro atoms. The summed E-state index contributed by atoms with van der Waals surface area (Å²) in [6, 6.07) is 0.551. The second-order valence-corrected chi connectivity index (χ2v) is 10.1. The molecule has 7 nitrogen and oxygen atoms in total. The van der Waals surface area contributed by atoms with Crippen molar-refractivity contribution in [1.82, 2.24) is 24.9 Å². The Morgan fingerprint density at radius 3 is 2.30 bits per heavy atom. The molecule has 1 aliphatic heterocycles. The molecule has 1 N–H and O–H groups in total. The molecule has 190 valence electrons. The maximum Gasteiger partial charge on any atom is 0.317 e. The summed E-state index contributed by atoms with van der Waals surface area (Å²) in [7, 11) is 3.96. The highest BCUT2D eigenvalue weighted by atomic mass is 16.2. The smallest absolute Gasteiger partial charge is 0.317 e. The van der Waals surface area contributed by atoms with Crippen molar-refractivity contribution in [3.63, 3.8) is 0 Å². The van der Waals surface area contributed by atoms with Gasteiger partial charge in [0.25, 0.3) is 0 Å². The number of hydrogen-bond acceptors (Lipinski definition) is 5. The van der Waals surface area contributed by atoms with Gasteiger partial charge in [-0.1, -0.05) is 20.8 Å². The fourth-order valence-electron chi connectivity index (χ4n) is 5.52. The third-order valence-corrected chi connectivity index (χ3v) is 6.98. The highest BCUT2D eigenvalue weighted by Crippen LogP contribution is 2.36. The molecule has 0 bridgehead atoms. The van der Waals surface area contributed by atoms with Crippen LogP contribution in [0.25, 0.3) is 0 Å². The van der Waals surface area contributed by atoms with Crippen LogP contribution in [0.4, 0.5) is 4.79 Å². The number of likely N-dealkylation sites (N-methyl/N-ethyl adjacent to an activating group) is 1. The minimum Gasteiger partial charge on any atom is -0.383 e. The normalized spacial score (nSPS) is 24.8. The van der Waals surface area contributed by atoms with Crippen molar-refractivity contribution in [3.8, 4) is 0 Å². The fraction of sp³-hybridized carbons (Fsp3) is 0.846. The Morgan fingerprint density at radius 2 is 1.73 bits per heavy atom. The van der Waals surface area contributed by atoms with Gasteiger partial charge in [-0.05, 0) is 64.6 Å². The number of nitrogens with one attached hydrogen (secondary N) is 1. The molecule has 2 amide bonds. The van der Waals surface area contributed by atoms with Gasteiger partial charge in [0.2, 0.25) is 0 Å². The van der Waals surface area contributed by atoms with Crippen LogP contribution in [0.1, 0.15) is 66.2 Å². The SMILES string of the molecule is CCCN(CCC)CCN(CC)C(=O)N[C@H]1C[C@@H]2CC(=O)C(=CN(C)C)C[C@H]2N(CCC)C1. The first-order valence-corrected chi connectivity index (χ1v) is 13.2. The van der Waals surface area contributed by atoms with E-state index in [1.54, 1.807) is 0 Å². The van der Waals surface area contributed by atoms with E-state index >= 15 is 0 Å². The standard InChI is InChI=1S/C26H49N5O2/c1-7-11-29(12-8-2)14-15-30(10-4)26(33)27-23-16-21-18-25(32)22(19-28(5)6)17-24(21)31(20-23)13-9-3/h19,21,23-24H,7-18,20H2,1-6H3,(H,27,33)/t21-,23+,24-/m1/s1. The van der Waals surface area contributed by atoms with Crippen molar-refractivity contribution in [2.75, 3.05) is 59.9 Å². The summed E-state index contributed by atoms with van der Waals surface area (Å²) >= 11 is 0. The van der Waals surface area contributed by atoms with Gasteiger partial charge in [0, 0.05) is 70.6 Å². The average molecular weight is 464 g/mol. The summed E-state index contributed by atoms with van der Waals surface area (Å²) in [6.45, 7) is 15.1. The molecule has 0 aromatic heterocycles. The molecule has 7 heteroatoms. The number of rotatable bonds is 12. The van der Waals surface area contributed by atoms with Gasteiger partial charge in [-0.2, -0.15) is 0 Å². The zero-order valence-corrected chi connectivity index (χ0v) is 22.1. The van der Waals surface area contributed by atoms with Gasteiger partial charge >= 0.3 is 6.03 Å². The minimum absolute atomic E-state index is 0.0423. The van der Waals surface area contributed by atoms with E-state index in [1.807, 2.05) is 30.1 Å². The van der Waals surface area contributed by atoms with Crippen molar-refractivity contribution < 1.29 is 9.59 Å². The number of fused-ring (bicyclic) bond motifs is 1. The number of carbonyl (C=O) groups excluding carboxylic acids is 2. The first kappa shape index (κ1) is 27.6. The van der Waals surface area contributed by atoms with Crippen LogP contribution >= 0.6 is 0 Å². The van der Waals surface area contributed by atoms with Crippen LogP contribution in [-0.4, -0.2) is 103 Å². The molecule has 1 saturated heterocycles. The third-order valence-electron chi connectivity index (χ3n) is 6.98. The van der Waals surface area contributed by atoms with E-state index in [0.29, 0.717) is 24.9 Å². The van der Waals surface area contributed by atoms with Crippen LogP contribution in [0, 0.1) is 5.92 Å². The molecule has 2 rings (SSSR count). The van der Waals surface area contributed by atoms with Crippen molar-refractivity contribution in [1.29, 1.82) is 0 Å². The number of likely N-dealkylation sites (tertiary alicyclic amines) is 1. The molecule has 1 saturated carbocycles. The van der Waals surface area contributed by atoms with E-state index in [2.05, 4.69) is 42.8 Å². The summed E-state index contributed by atoms with van der Waals surface area (Å²) < 4.78 is 0. The molecule has 1 aliphatic carbocycles. The first-order chi connectivity index (χ1) is 15.8. The van der Waals surface area contributed by atoms with Gasteiger partial charge < -0.3 is 20.0 Å². The highest BCUT2D eigenvalue weighted by molar-refractivity contribution is 5.96. The summed E-state index contributed by atoms with van der Waals surface area (Å²) in [5, 5.41) is 3.33. The molecule has 2 aliphatic rings. The Kier molecular flexibility index (Phi) is 11.7. The van der Waals surface area contributed by atoms with E-state index in [9.17, 15) is 9.59 Å². The molecule has 0 aromatic carbocycles. The Bertz CT molecular complexity index is 645. The van der Waals surface area contributed by atoms with Crippen LogP contribution in [0.15, 0.2) is 11.8 Å². The summed E-state index contributed by atoms with van der Waals surface area (Å²) in [6.07, 6.45) is 7.67. The second kappa shape index (κ2) is 14.0. The predicted octanol–water partition coefficient (Wildman–Crippen LogP) is 3.42. The molecule has 2 fully saturated rings. The topological polar surface area (TPSA) is 59.1 Å². The van der Waals surface area contributed by atoms with E-state index in [-0.39, 0.29) is 17.9 Å². The Balaban J connectivity index is 2.00. The second-order valence-electron chi connectivity index (χ2n) is 10.1. The zero-order chi connectivity index (χ0) is 24.4. The molecule has 3 atom stereocenters. The first-order valence-electron chi connectivity index (χ1n) is 13.2. The fourth-order valence-corrected chi connectivity index (χ4v) is 5.52. The maximum atomic E-state index is 13.1. The molecule has 0 unspecified atom stereocenters. The minimum atomic E-state index is 0.0423. The van der Waals surface area contributed by atoms with Gasteiger partial charge in [-0.25, -0.2) is 4.79 Å². The summed E-state index contributed by atoms with van der Waals surface area (Å²) in [5.74, 6) is 0.595. The van der Waals surface area contributed by atoms with Gasteiger partial charge in [-0.15, -0.1) is 0 Å². The molecule has 0 radical (unpaired) electrons. The van der Waals surface area contributed by atoms with Crippen LogP contribution < -0.4 is 5.32 Å². The predicted molar refractivity (Wildman–Crippen MR) is 136 cm³/mol. The van der Waals surface area contributed by atoms with Crippen LogP contribution in [-0.2, 0) is 4.79 Å². The quantitative estimate of drug-likeness (QED) is 0.450. The monoisotopic (exact) mass is 463 g/mol. The van der Waals surface area contributed by atoms with Crippen LogP contribution in [0.3, 0.4) is 0 Å². The molecular weight excluding hydrogens is 414 g/mol. The van der Waals surface area contributed by atoms with Crippen LogP contribution in [0.5, 0.6) is 0 Å². The van der Waals surface area contributed by atoms with E-state index in [0.717, 1.165) is 76.9 Å². The van der Waals surface area contributed by atoms with E-state index in [1.165, 1.54) is 0 Å². The molecule has 1 heterocycles. The largest absolute Gasteiger partial charge is 0.383 e. The van der Waals surface area contributed by atoms with Gasteiger partial charge in [0.05, 0.1) is 0 Å². The molecule has 0 aromatic rings. The number of piperidine rings is 1. The number of nitrogens with zero attached hydrogens (tertiary/aromatic N) is 4. The lowest BCUT2D eigenvalue weighted by Gasteiger charge is -2.47. The van der Waals surface area contributed by atoms with Crippen molar-refractivity contribution >= 4 is 11.8 Å². The maximum absolute atomic E-state index is 13.1. The lowest BCUT2D eigenvalue weighted by atomic mass is 9.74. The molecule has 33 heavy (non-hydrogen) atoms. The Morgan fingerprint density at radius 1 is 1.03 bits per heavy atom. The Labute approximate surface area is 202 Å². The van der Waals surface area contributed by atoms with Gasteiger partial charge in [0.1, 0.15) is 0 Å². The van der Waals surface area contributed by atoms with Crippen LogP contribution in [0.2, 0.25) is 0 Å². The number of hydrogen-bond donors (Lipinski definition) is 1. The number of carbonyl (C=O) groups is 2. The number of ketones is 1. The number of urea groups is 1.